The molecule has 4 rings (SSSR count). The maximum absolute atomic E-state index is 13.0. The van der Waals surface area contributed by atoms with Crippen LogP contribution in [0.2, 0.25) is 5.02 Å². The number of rotatable bonds is 3. The molecule has 2 heterocycles. The molecule has 0 bridgehead atoms. The van der Waals surface area contributed by atoms with E-state index in [4.69, 9.17) is 11.6 Å². The predicted octanol–water partition coefficient (Wildman–Crippen LogP) is 3.64. The number of aromatic nitrogens is 3. The molecule has 1 aromatic heterocycles. The summed E-state index contributed by atoms with van der Waals surface area (Å²) in [5.74, 6) is 0.649. The molecule has 0 unspecified atom stereocenters. The fraction of sp³-hybridized carbons (Fsp3) is 0.167. The largest absolute Gasteiger partial charge is 0.325 e. The van der Waals surface area contributed by atoms with Gasteiger partial charge in [-0.05, 0) is 36.8 Å². The molecule has 0 aliphatic carbocycles. The van der Waals surface area contributed by atoms with Gasteiger partial charge in [-0.2, -0.15) is 0 Å². The molecule has 0 saturated carbocycles. The predicted molar refractivity (Wildman–Crippen MR) is 103 cm³/mol. The van der Waals surface area contributed by atoms with E-state index in [1.54, 1.807) is 24.3 Å². The zero-order valence-corrected chi connectivity index (χ0v) is 15.5. The molecule has 2 aromatic carbocycles. The summed E-state index contributed by atoms with van der Waals surface area (Å²) in [5, 5.41) is 12.1. The van der Waals surface area contributed by atoms with Crippen molar-refractivity contribution in [3.8, 4) is 0 Å². The van der Waals surface area contributed by atoms with Crippen LogP contribution in [0, 0.1) is 6.92 Å². The van der Waals surface area contributed by atoms with Crippen molar-refractivity contribution in [3.63, 3.8) is 0 Å². The van der Waals surface area contributed by atoms with Crippen LogP contribution in [-0.2, 0) is 4.79 Å². The topological polar surface area (TPSA) is 71.8 Å². The number of benzene rings is 2. The fourth-order valence-electron chi connectivity index (χ4n) is 2.82. The van der Waals surface area contributed by atoms with Crippen molar-refractivity contribution in [2.75, 3.05) is 10.7 Å². The number of nitrogens with zero attached hydrogens (tertiary/aromatic N) is 3. The number of thioether (sulfide) groups is 1. The quantitative estimate of drug-likeness (QED) is 0.720. The van der Waals surface area contributed by atoms with Gasteiger partial charge in [-0.15, -0.1) is 10.2 Å². The minimum absolute atomic E-state index is 0.106. The van der Waals surface area contributed by atoms with Gasteiger partial charge in [0.15, 0.2) is 0 Å². The van der Waals surface area contributed by atoms with Crippen molar-refractivity contribution in [2.45, 2.75) is 23.4 Å². The summed E-state index contributed by atoms with van der Waals surface area (Å²) in [6.07, 6.45) is 0. The number of aryl methyl sites for hydroxylation is 1. The van der Waals surface area contributed by atoms with Crippen molar-refractivity contribution < 1.29 is 4.79 Å². The van der Waals surface area contributed by atoms with E-state index < -0.39 is 5.25 Å². The standard InChI is InChI=1S/C18H16ClN5OS/c1-11-21-22-18-24(11)23-15(12-5-3-2-4-6-12)16(26-18)17(25)20-14-9-7-13(19)8-10-14/h2-10,15-16,23H,1H3,(H,20,25)/t15-,16+/m0/s1. The van der Waals surface area contributed by atoms with Gasteiger partial charge in [0.2, 0.25) is 11.1 Å². The average molecular weight is 386 g/mol. The number of anilines is 1. The van der Waals surface area contributed by atoms with Crippen LogP contribution in [0.15, 0.2) is 59.8 Å². The van der Waals surface area contributed by atoms with Gasteiger partial charge < -0.3 is 10.7 Å². The average Bonchev–Trinajstić information content (AvgIpc) is 3.03. The second-order valence-electron chi connectivity index (χ2n) is 5.92. The molecule has 1 aliphatic heterocycles. The van der Waals surface area contributed by atoms with E-state index in [9.17, 15) is 4.79 Å². The van der Waals surface area contributed by atoms with E-state index in [-0.39, 0.29) is 11.9 Å². The molecule has 0 saturated heterocycles. The lowest BCUT2D eigenvalue weighted by Crippen LogP contribution is -2.41. The molecule has 132 valence electrons. The maximum Gasteiger partial charge on any atom is 0.240 e. The van der Waals surface area contributed by atoms with E-state index >= 15 is 0 Å². The van der Waals surface area contributed by atoms with Crippen molar-refractivity contribution in [2.24, 2.45) is 0 Å². The van der Waals surface area contributed by atoms with Crippen LogP contribution in [0.3, 0.4) is 0 Å². The van der Waals surface area contributed by atoms with Gasteiger partial charge in [-0.1, -0.05) is 53.7 Å². The van der Waals surface area contributed by atoms with E-state index in [1.807, 2.05) is 41.9 Å². The summed E-state index contributed by atoms with van der Waals surface area (Å²) >= 11 is 7.31. The van der Waals surface area contributed by atoms with Gasteiger partial charge in [0, 0.05) is 10.7 Å². The summed E-state index contributed by atoms with van der Waals surface area (Å²) in [6.45, 7) is 1.88. The Kier molecular flexibility index (Phi) is 4.57. The van der Waals surface area contributed by atoms with Crippen LogP contribution in [-0.4, -0.2) is 26.0 Å². The van der Waals surface area contributed by atoms with E-state index in [0.29, 0.717) is 15.9 Å². The Bertz CT molecular complexity index is 929. The molecule has 1 amide bonds. The molecular formula is C18H16ClN5OS. The number of fused-ring (bicyclic) bond motifs is 1. The maximum atomic E-state index is 13.0. The summed E-state index contributed by atoms with van der Waals surface area (Å²) in [7, 11) is 0. The first-order chi connectivity index (χ1) is 12.6. The normalized spacial score (nSPS) is 18.7. The highest BCUT2D eigenvalue weighted by atomic mass is 35.5. The van der Waals surface area contributed by atoms with Crippen LogP contribution < -0.4 is 10.7 Å². The lowest BCUT2D eigenvalue weighted by molar-refractivity contribution is -0.116. The zero-order chi connectivity index (χ0) is 18.1. The molecule has 2 N–H and O–H groups in total. The fourth-order valence-corrected chi connectivity index (χ4v) is 4.07. The van der Waals surface area contributed by atoms with Gasteiger partial charge >= 0.3 is 0 Å². The van der Waals surface area contributed by atoms with Crippen molar-refractivity contribution in [1.82, 2.24) is 14.9 Å². The SMILES string of the molecule is Cc1nnc2n1N[C@@H](c1ccccc1)[C@H](C(=O)Nc1ccc(Cl)cc1)S2. The van der Waals surface area contributed by atoms with Crippen LogP contribution in [0.4, 0.5) is 5.69 Å². The van der Waals surface area contributed by atoms with Gasteiger partial charge in [-0.25, -0.2) is 4.68 Å². The molecule has 0 spiro atoms. The second-order valence-corrected chi connectivity index (χ2v) is 7.46. The third kappa shape index (κ3) is 3.27. The summed E-state index contributed by atoms with van der Waals surface area (Å²) in [4.78, 5) is 13.0. The number of carbonyl (C=O) groups excluding carboxylic acids is 1. The van der Waals surface area contributed by atoms with Crippen molar-refractivity contribution >= 4 is 35.0 Å². The Hall–Kier alpha value is -2.51. The van der Waals surface area contributed by atoms with Gasteiger partial charge in [0.25, 0.3) is 0 Å². The van der Waals surface area contributed by atoms with Gasteiger partial charge in [0.05, 0.1) is 6.04 Å². The lowest BCUT2D eigenvalue weighted by Gasteiger charge is -2.32. The van der Waals surface area contributed by atoms with Gasteiger partial charge in [-0.3, -0.25) is 4.79 Å². The van der Waals surface area contributed by atoms with Gasteiger partial charge in [0.1, 0.15) is 11.1 Å². The second kappa shape index (κ2) is 7.01. The first-order valence-corrected chi connectivity index (χ1v) is 9.34. The van der Waals surface area contributed by atoms with Crippen molar-refractivity contribution in [3.05, 3.63) is 71.0 Å². The highest BCUT2D eigenvalue weighted by molar-refractivity contribution is 8.00. The van der Waals surface area contributed by atoms with Crippen LogP contribution in [0.25, 0.3) is 0 Å². The van der Waals surface area contributed by atoms with Crippen molar-refractivity contribution in [1.29, 1.82) is 0 Å². The minimum atomic E-state index is -0.399. The van der Waals surface area contributed by atoms with E-state index in [2.05, 4.69) is 20.9 Å². The van der Waals surface area contributed by atoms with Crippen LogP contribution in [0.5, 0.6) is 0 Å². The molecule has 8 heteroatoms. The zero-order valence-electron chi connectivity index (χ0n) is 13.9. The minimum Gasteiger partial charge on any atom is -0.325 e. The Labute approximate surface area is 159 Å². The smallest absolute Gasteiger partial charge is 0.240 e. The first-order valence-electron chi connectivity index (χ1n) is 8.08. The molecule has 0 radical (unpaired) electrons. The highest BCUT2D eigenvalue weighted by Gasteiger charge is 2.37. The summed E-state index contributed by atoms with van der Waals surface area (Å²) in [6, 6.07) is 16.7. The number of hydrogen-bond acceptors (Lipinski definition) is 5. The highest BCUT2D eigenvalue weighted by Crippen LogP contribution is 2.37. The lowest BCUT2D eigenvalue weighted by atomic mass is 10.0. The molecule has 1 aliphatic rings. The monoisotopic (exact) mass is 385 g/mol. The Morgan fingerprint density at radius 1 is 1.15 bits per heavy atom. The Morgan fingerprint density at radius 2 is 1.88 bits per heavy atom. The first kappa shape index (κ1) is 16.9. The van der Waals surface area contributed by atoms with Crippen LogP contribution >= 0.6 is 23.4 Å². The number of hydrogen-bond donors (Lipinski definition) is 2. The number of halogens is 1. The van der Waals surface area contributed by atoms with E-state index in [0.717, 1.165) is 11.4 Å². The third-order valence-electron chi connectivity index (χ3n) is 4.13. The Balaban J connectivity index is 1.64. The molecular weight excluding hydrogens is 370 g/mol. The third-order valence-corrected chi connectivity index (χ3v) is 5.59. The Morgan fingerprint density at radius 3 is 2.62 bits per heavy atom. The molecule has 6 nitrogen and oxygen atoms in total. The number of nitrogens with one attached hydrogen (secondary N) is 2. The molecule has 26 heavy (non-hydrogen) atoms. The summed E-state index contributed by atoms with van der Waals surface area (Å²) < 4.78 is 1.83. The molecule has 0 fully saturated rings. The van der Waals surface area contributed by atoms with Crippen LogP contribution in [0.1, 0.15) is 17.4 Å². The number of amides is 1. The van der Waals surface area contributed by atoms with E-state index in [1.165, 1.54) is 11.8 Å². The summed E-state index contributed by atoms with van der Waals surface area (Å²) in [5.41, 5.74) is 5.10. The molecule has 3 aromatic rings. The number of carbonyl (C=O) groups is 1. The molecule has 2 atom stereocenters.